The molecular formula is C15H17N3O3. The molecule has 0 fully saturated rings. The number of pyridine rings is 1. The fraction of sp³-hybridized carbons (Fsp3) is 0.267. The number of hydrogen-bond donors (Lipinski definition) is 1. The highest BCUT2D eigenvalue weighted by molar-refractivity contribution is 5.69. The van der Waals surface area contributed by atoms with Crippen LogP contribution in [0.1, 0.15) is 25.5 Å². The molecular weight excluding hydrogens is 270 g/mol. The summed E-state index contributed by atoms with van der Waals surface area (Å²) in [5.74, 6) is 0.269. The van der Waals surface area contributed by atoms with Gasteiger partial charge in [-0.25, -0.2) is 0 Å². The van der Waals surface area contributed by atoms with E-state index in [0.29, 0.717) is 12.3 Å². The number of nitrogens with one attached hydrogen (secondary N) is 1. The fourth-order valence-corrected chi connectivity index (χ4v) is 2.05. The van der Waals surface area contributed by atoms with Crippen molar-refractivity contribution in [2.45, 2.75) is 19.9 Å². The number of hydrogen-bond acceptors (Lipinski definition) is 5. The third-order valence-electron chi connectivity index (χ3n) is 3.04. The zero-order chi connectivity index (χ0) is 15.2. The molecule has 1 aromatic heterocycles. The number of nitro groups is 1. The highest BCUT2D eigenvalue weighted by atomic mass is 16.6. The van der Waals surface area contributed by atoms with Gasteiger partial charge in [-0.3, -0.25) is 15.1 Å². The van der Waals surface area contributed by atoms with Crippen LogP contribution >= 0.6 is 0 Å². The number of nitrogens with zero attached hydrogens (tertiary/aromatic N) is 2. The number of benzene rings is 1. The van der Waals surface area contributed by atoms with Crippen LogP contribution in [0.2, 0.25) is 0 Å². The van der Waals surface area contributed by atoms with Crippen LogP contribution in [-0.2, 0) is 0 Å². The largest absolute Gasteiger partial charge is 0.487 e. The van der Waals surface area contributed by atoms with Crippen molar-refractivity contribution in [3.8, 4) is 5.75 Å². The topological polar surface area (TPSA) is 77.3 Å². The molecule has 0 saturated heterocycles. The fourth-order valence-electron chi connectivity index (χ4n) is 2.05. The highest BCUT2D eigenvalue weighted by Gasteiger charge is 2.22. The van der Waals surface area contributed by atoms with Crippen LogP contribution in [0.25, 0.3) is 0 Å². The van der Waals surface area contributed by atoms with E-state index in [4.69, 9.17) is 4.74 Å². The molecule has 110 valence electrons. The summed E-state index contributed by atoms with van der Waals surface area (Å²) in [6, 6.07) is 8.65. The molecule has 1 atom stereocenters. The maximum Gasteiger partial charge on any atom is 0.333 e. The van der Waals surface area contributed by atoms with Gasteiger partial charge in [0.25, 0.3) is 0 Å². The Morgan fingerprint density at radius 1 is 1.38 bits per heavy atom. The van der Waals surface area contributed by atoms with E-state index in [1.165, 1.54) is 0 Å². The van der Waals surface area contributed by atoms with E-state index in [-0.39, 0.29) is 17.5 Å². The van der Waals surface area contributed by atoms with Gasteiger partial charge in [-0.05, 0) is 37.6 Å². The van der Waals surface area contributed by atoms with Crippen molar-refractivity contribution in [1.82, 2.24) is 4.98 Å². The van der Waals surface area contributed by atoms with Gasteiger partial charge in [0.1, 0.15) is 5.69 Å². The molecule has 21 heavy (non-hydrogen) atoms. The summed E-state index contributed by atoms with van der Waals surface area (Å²) in [6.45, 7) is 4.10. The number of anilines is 1. The van der Waals surface area contributed by atoms with Crippen molar-refractivity contribution >= 4 is 11.4 Å². The number of para-hydroxylation sites is 1. The molecule has 0 saturated carbocycles. The van der Waals surface area contributed by atoms with E-state index in [1.54, 1.807) is 37.5 Å². The minimum absolute atomic E-state index is 0.0462. The Kier molecular flexibility index (Phi) is 4.71. The number of aromatic nitrogens is 1. The van der Waals surface area contributed by atoms with Crippen LogP contribution in [-0.4, -0.2) is 16.5 Å². The summed E-state index contributed by atoms with van der Waals surface area (Å²) in [4.78, 5) is 14.9. The van der Waals surface area contributed by atoms with Gasteiger partial charge in [0, 0.05) is 12.4 Å². The Balaban J connectivity index is 2.31. The van der Waals surface area contributed by atoms with Crippen molar-refractivity contribution in [1.29, 1.82) is 0 Å². The van der Waals surface area contributed by atoms with E-state index in [0.717, 1.165) is 5.56 Å². The van der Waals surface area contributed by atoms with E-state index in [1.807, 2.05) is 19.1 Å². The monoisotopic (exact) mass is 287 g/mol. The summed E-state index contributed by atoms with van der Waals surface area (Å²) in [5, 5.41) is 14.5. The Bertz CT molecular complexity index is 617. The van der Waals surface area contributed by atoms with Crippen molar-refractivity contribution in [3.05, 3.63) is 58.4 Å². The normalized spacial score (nSPS) is 11.7. The van der Waals surface area contributed by atoms with Gasteiger partial charge in [0.2, 0.25) is 0 Å². The van der Waals surface area contributed by atoms with Crippen LogP contribution in [0.5, 0.6) is 5.75 Å². The van der Waals surface area contributed by atoms with Crippen molar-refractivity contribution in [3.63, 3.8) is 0 Å². The van der Waals surface area contributed by atoms with E-state index < -0.39 is 4.92 Å². The summed E-state index contributed by atoms with van der Waals surface area (Å²) in [7, 11) is 0. The molecule has 0 aliphatic heterocycles. The summed E-state index contributed by atoms with van der Waals surface area (Å²) in [5.41, 5.74) is 1.34. The van der Waals surface area contributed by atoms with Gasteiger partial charge in [-0.15, -0.1) is 0 Å². The van der Waals surface area contributed by atoms with Crippen molar-refractivity contribution in [2.75, 3.05) is 11.9 Å². The number of ether oxygens (including phenoxy) is 1. The standard InChI is InChI=1S/C15H17N3O3/c1-3-21-14-8-4-7-13(15(14)18(19)20)17-11(2)12-6-5-9-16-10-12/h4-11,17H,3H2,1-2H3. The van der Waals surface area contributed by atoms with Gasteiger partial charge in [-0.1, -0.05) is 12.1 Å². The molecule has 0 radical (unpaired) electrons. The second-order valence-corrected chi connectivity index (χ2v) is 4.49. The molecule has 2 rings (SSSR count). The van der Waals surface area contributed by atoms with Crippen LogP contribution in [0.15, 0.2) is 42.7 Å². The van der Waals surface area contributed by atoms with Crippen LogP contribution in [0.3, 0.4) is 0 Å². The molecule has 1 heterocycles. The number of rotatable bonds is 6. The number of nitro benzene ring substituents is 1. The van der Waals surface area contributed by atoms with E-state index in [2.05, 4.69) is 10.3 Å². The van der Waals surface area contributed by atoms with Crippen molar-refractivity contribution in [2.24, 2.45) is 0 Å². The first kappa shape index (κ1) is 14.8. The van der Waals surface area contributed by atoms with Gasteiger partial charge in [0.05, 0.1) is 17.6 Å². The maximum absolute atomic E-state index is 11.3. The average Bonchev–Trinajstić information content (AvgIpc) is 2.48. The van der Waals surface area contributed by atoms with E-state index in [9.17, 15) is 10.1 Å². The SMILES string of the molecule is CCOc1cccc(NC(C)c2cccnc2)c1[N+](=O)[O-]. The lowest BCUT2D eigenvalue weighted by Crippen LogP contribution is -2.09. The van der Waals surface area contributed by atoms with Gasteiger partial charge in [-0.2, -0.15) is 0 Å². The summed E-state index contributed by atoms with van der Waals surface area (Å²) in [6.07, 6.45) is 3.42. The Morgan fingerprint density at radius 2 is 2.19 bits per heavy atom. The minimum atomic E-state index is -0.427. The lowest BCUT2D eigenvalue weighted by molar-refractivity contribution is -0.385. The quantitative estimate of drug-likeness (QED) is 0.649. The Morgan fingerprint density at radius 3 is 2.81 bits per heavy atom. The Labute approximate surface area is 122 Å². The smallest absolute Gasteiger partial charge is 0.333 e. The molecule has 1 aromatic carbocycles. The predicted molar refractivity (Wildman–Crippen MR) is 80.5 cm³/mol. The first-order valence-corrected chi connectivity index (χ1v) is 6.70. The second kappa shape index (κ2) is 6.69. The molecule has 2 aromatic rings. The average molecular weight is 287 g/mol. The molecule has 0 amide bonds. The van der Waals surface area contributed by atoms with E-state index >= 15 is 0 Å². The molecule has 0 spiro atoms. The zero-order valence-electron chi connectivity index (χ0n) is 11.9. The third-order valence-corrected chi connectivity index (χ3v) is 3.04. The summed E-state index contributed by atoms with van der Waals surface area (Å²) >= 11 is 0. The van der Waals surface area contributed by atoms with Gasteiger partial charge < -0.3 is 10.1 Å². The minimum Gasteiger partial charge on any atom is -0.487 e. The lowest BCUT2D eigenvalue weighted by atomic mass is 10.1. The van der Waals surface area contributed by atoms with Crippen molar-refractivity contribution < 1.29 is 9.66 Å². The second-order valence-electron chi connectivity index (χ2n) is 4.49. The molecule has 0 aliphatic carbocycles. The molecule has 1 unspecified atom stereocenters. The van der Waals surface area contributed by atoms with Crippen LogP contribution in [0, 0.1) is 10.1 Å². The lowest BCUT2D eigenvalue weighted by Gasteiger charge is -2.16. The molecule has 6 heteroatoms. The molecule has 6 nitrogen and oxygen atoms in total. The first-order chi connectivity index (χ1) is 10.1. The maximum atomic E-state index is 11.3. The Hall–Kier alpha value is -2.63. The van der Waals surface area contributed by atoms with Crippen LogP contribution in [0.4, 0.5) is 11.4 Å². The van der Waals surface area contributed by atoms with Gasteiger partial charge in [0.15, 0.2) is 5.75 Å². The van der Waals surface area contributed by atoms with Gasteiger partial charge >= 0.3 is 5.69 Å². The third kappa shape index (κ3) is 3.47. The zero-order valence-corrected chi connectivity index (χ0v) is 11.9. The first-order valence-electron chi connectivity index (χ1n) is 6.70. The summed E-state index contributed by atoms with van der Waals surface area (Å²) < 4.78 is 5.33. The van der Waals surface area contributed by atoms with Crippen LogP contribution < -0.4 is 10.1 Å². The highest BCUT2D eigenvalue weighted by Crippen LogP contribution is 2.36. The molecule has 0 aliphatic rings. The predicted octanol–water partition coefficient (Wildman–Crippen LogP) is 3.56. The molecule has 1 N–H and O–H groups in total. The molecule has 0 bridgehead atoms.